The monoisotopic (exact) mass is 525 g/mol. The lowest BCUT2D eigenvalue weighted by Crippen LogP contribution is -2.63. The van der Waals surface area contributed by atoms with Gasteiger partial charge in [-0.15, -0.1) is 0 Å². The zero-order valence-corrected chi connectivity index (χ0v) is 21.8. The van der Waals surface area contributed by atoms with Crippen LogP contribution in [0.5, 0.6) is 5.75 Å². The molecule has 1 aromatic carbocycles. The number of amides is 1. The van der Waals surface area contributed by atoms with Crippen molar-refractivity contribution < 1.29 is 39.5 Å². The summed E-state index contributed by atoms with van der Waals surface area (Å²) in [5.41, 5.74) is 2.88. The van der Waals surface area contributed by atoms with Gasteiger partial charge in [-0.1, -0.05) is 11.8 Å². The van der Waals surface area contributed by atoms with E-state index in [4.69, 9.17) is 10.5 Å². The van der Waals surface area contributed by atoms with Gasteiger partial charge in [0, 0.05) is 38.4 Å². The van der Waals surface area contributed by atoms with Crippen molar-refractivity contribution >= 4 is 23.2 Å². The number of nitrogens with zero attached hydrogens (tertiary/aromatic N) is 2. The summed E-state index contributed by atoms with van der Waals surface area (Å²) in [4.78, 5) is 42.7. The van der Waals surface area contributed by atoms with Crippen LogP contribution < -0.4 is 10.6 Å². The summed E-state index contributed by atoms with van der Waals surface area (Å²) >= 11 is 0. The number of hydrogen-bond donors (Lipinski definition) is 5. The van der Waals surface area contributed by atoms with E-state index >= 15 is 0 Å². The van der Waals surface area contributed by atoms with Crippen LogP contribution in [0.1, 0.15) is 27.9 Å². The number of allylic oxidation sites excluding steroid dienone is 1. The molecule has 1 amide bonds. The largest absolute Gasteiger partial charge is 0.510 e. The second kappa shape index (κ2) is 9.47. The molecule has 0 heterocycles. The molecule has 0 bridgehead atoms. The Hall–Kier alpha value is -3.85. The van der Waals surface area contributed by atoms with Crippen LogP contribution in [0.3, 0.4) is 0 Å². The normalized spacial score (nSPS) is 26.4. The van der Waals surface area contributed by atoms with Crippen molar-refractivity contribution in [2.24, 2.45) is 17.6 Å². The molecular weight excluding hydrogens is 494 g/mol. The molecule has 11 nitrogen and oxygen atoms in total. The van der Waals surface area contributed by atoms with Crippen molar-refractivity contribution in [3.63, 3.8) is 0 Å². The van der Waals surface area contributed by atoms with Gasteiger partial charge in [0.15, 0.2) is 11.4 Å². The Morgan fingerprint density at radius 1 is 1.21 bits per heavy atom. The van der Waals surface area contributed by atoms with E-state index in [1.807, 2.05) is 0 Å². The Balaban J connectivity index is 1.97. The number of carbonyl (C=O) groups excluding carboxylic acids is 3. The molecule has 11 heteroatoms. The molecule has 1 aromatic rings. The topological polar surface area (TPSA) is 174 Å². The van der Waals surface area contributed by atoms with Gasteiger partial charge in [-0.25, -0.2) is 0 Å². The minimum absolute atomic E-state index is 0.0226. The minimum atomic E-state index is -2.68. The highest BCUT2D eigenvalue weighted by Crippen LogP contribution is 2.53. The van der Waals surface area contributed by atoms with Gasteiger partial charge in [0.05, 0.1) is 17.2 Å². The molecule has 202 valence electrons. The third-order valence-electron chi connectivity index (χ3n) is 7.62. The third-order valence-corrected chi connectivity index (χ3v) is 7.62. The van der Waals surface area contributed by atoms with E-state index in [1.54, 1.807) is 39.2 Å². The molecule has 0 fully saturated rings. The number of rotatable bonds is 4. The number of phenols is 1. The summed E-state index contributed by atoms with van der Waals surface area (Å²) in [5.74, 6) is -1.39. The van der Waals surface area contributed by atoms with Crippen LogP contribution in [-0.4, -0.2) is 96.3 Å². The molecule has 4 atom stereocenters. The Morgan fingerprint density at radius 3 is 2.42 bits per heavy atom. The SMILES string of the molecule is COCC#Cc1cc(N(C)C)c2c(c1O)C(=O)C1=C(O)[C@]3(O)C(=O)C(C(N)=O)=C(O)[C@@H](N(C)C)[C@@H]3C[C@@H]1C2. The number of carbonyl (C=O) groups is 3. The fourth-order valence-electron chi connectivity index (χ4n) is 6.00. The van der Waals surface area contributed by atoms with Crippen molar-refractivity contribution in [1.82, 2.24) is 4.90 Å². The number of primary amides is 1. The summed E-state index contributed by atoms with van der Waals surface area (Å²) in [6.07, 6.45) is 0.218. The van der Waals surface area contributed by atoms with Crippen molar-refractivity contribution in [2.75, 3.05) is 46.8 Å². The Bertz CT molecular complexity index is 1380. The van der Waals surface area contributed by atoms with Crippen molar-refractivity contribution in [3.8, 4) is 17.6 Å². The second-order valence-electron chi connectivity index (χ2n) is 10.2. The maximum Gasteiger partial charge on any atom is 0.255 e. The van der Waals surface area contributed by atoms with Gasteiger partial charge in [-0.05, 0) is 44.5 Å². The number of benzene rings is 1. The van der Waals surface area contributed by atoms with E-state index in [1.165, 1.54) is 12.0 Å². The summed E-state index contributed by atoms with van der Waals surface area (Å²) < 4.78 is 4.94. The van der Waals surface area contributed by atoms with E-state index in [9.17, 15) is 34.8 Å². The predicted octanol–water partition coefficient (Wildman–Crippen LogP) is 0.185. The summed E-state index contributed by atoms with van der Waals surface area (Å²) in [7, 11) is 8.20. The van der Waals surface area contributed by atoms with Gasteiger partial charge in [-0.2, -0.15) is 0 Å². The average molecular weight is 526 g/mol. The number of aliphatic hydroxyl groups excluding tert-OH is 2. The number of anilines is 1. The maximum atomic E-state index is 13.9. The second-order valence-corrected chi connectivity index (χ2v) is 10.2. The molecular formula is C27H31N3O8. The number of likely N-dealkylation sites (N-methyl/N-ethyl adjacent to an activating group) is 1. The molecule has 0 saturated heterocycles. The lowest BCUT2D eigenvalue weighted by atomic mass is 9.58. The van der Waals surface area contributed by atoms with E-state index in [-0.39, 0.29) is 41.9 Å². The van der Waals surface area contributed by atoms with Crippen LogP contribution >= 0.6 is 0 Å². The van der Waals surface area contributed by atoms with Crippen LogP contribution in [0.2, 0.25) is 0 Å². The molecule has 3 aliphatic rings. The number of aromatic hydroxyl groups is 1. The highest BCUT2D eigenvalue weighted by Gasteiger charge is 2.63. The van der Waals surface area contributed by atoms with Gasteiger partial charge < -0.3 is 35.8 Å². The zero-order chi connectivity index (χ0) is 28.3. The molecule has 0 saturated carbocycles. The van der Waals surface area contributed by atoms with Crippen LogP contribution in [0.4, 0.5) is 5.69 Å². The fourth-order valence-corrected chi connectivity index (χ4v) is 6.00. The van der Waals surface area contributed by atoms with E-state index in [0.717, 1.165) is 0 Å². The first kappa shape index (κ1) is 27.2. The van der Waals surface area contributed by atoms with Crippen LogP contribution in [0.25, 0.3) is 0 Å². The Morgan fingerprint density at radius 2 is 1.87 bits per heavy atom. The lowest BCUT2D eigenvalue weighted by molar-refractivity contribution is -0.148. The zero-order valence-electron chi connectivity index (χ0n) is 21.8. The van der Waals surface area contributed by atoms with E-state index in [2.05, 4.69) is 11.8 Å². The standard InChI is InChI=1S/C27H31N3O8/c1-29(2)16-11-12(7-6-8-38-5)21(31)18-14(16)9-13-10-15-20(30(3)4)23(33)19(26(28)36)25(35)27(15,37)24(34)17(13)22(18)32/h11,13,15,20,31,33-34,37H,8-10H2,1-5H3,(H2,28,36)/t13-,15-,20-,27-/m0/s1. The molecule has 0 radical (unpaired) electrons. The minimum Gasteiger partial charge on any atom is -0.510 e. The summed E-state index contributed by atoms with van der Waals surface area (Å²) in [6.45, 7) is 0.0991. The molecule has 0 unspecified atom stereocenters. The number of phenolic OH excluding ortho intramolecular Hbond substituents is 1. The van der Waals surface area contributed by atoms with Crippen molar-refractivity contribution in [3.05, 3.63) is 45.4 Å². The Labute approximate surface area is 219 Å². The third kappa shape index (κ3) is 3.75. The van der Waals surface area contributed by atoms with Crippen molar-refractivity contribution in [2.45, 2.75) is 24.5 Å². The first-order valence-electron chi connectivity index (χ1n) is 12.0. The highest BCUT2D eigenvalue weighted by atomic mass is 16.5. The van der Waals surface area contributed by atoms with E-state index in [0.29, 0.717) is 11.3 Å². The number of ketones is 2. The van der Waals surface area contributed by atoms with Gasteiger partial charge in [-0.3, -0.25) is 19.3 Å². The highest BCUT2D eigenvalue weighted by molar-refractivity contribution is 6.25. The van der Waals surface area contributed by atoms with E-state index < -0.39 is 58.0 Å². The lowest BCUT2D eigenvalue weighted by Gasteiger charge is -2.50. The number of aliphatic hydroxyl groups is 3. The molecule has 4 rings (SSSR count). The smallest absolute Gasteiger partial charge is 0.255 e. The van der Waals surface area contributed by atoms with Gasteiger partial charge in [0.1, 0.15) is 29.4 Å². The number of nitrogens with two attached hydrogens (primary N) is 1. The number of ether oxygens (including phenoxy) is 1. The number of hydrogen-bond acceptors (Lipinski definition) is 10. The Kier molecular flexibility index (Phi) is 6.78. The molecule has 6 N–H and O–H groups in total. The van der Waals surface area contributed by atoms with Crippen LogP contribution in [-0.2, 0) is 20.7 Å². The van der Waals surface area contributed by atoms with Crippen LogP contribution in [0, 0.1) is 23.7 Å². The summed E-state index contributed by atoms with van der Waals surface area (Å²) in [5, 5.41) is 45.0. The summed E-state index contributed by atoms with van der Waals surface area (Å²) in [6, 6.07) is 0.624. The number of Topliss-reactive ketones (excluding diaryl/α,β-unsaturated/α-hetero) is 2. The predicted molar refractivity (Wildman–Crippen MR) is 137 cm³/mol. The average Bonchev–Trinajstić information content (AvgIpc) is 2.82. The fraction of sp³-hybridized carbons (Fsp3) is 0.444. The van der Waals surface area contributed by atoms with Gasteiger partial charge >= 0.3 is 0 Å². The molecule has 0 aliphatic heterocycles. The first-order chi connectivity index (χ1) is 17.8. The quantitative estimate of drug-likeness (QED) is 0.270. The van der Waals surface area contributed by atoms with Gasteiger partial charge in [0.25, 0.3) is 5.91 Å². The van der Waals surface area contributed by atoms with Crippen molar-refractivity contribution in [1.29, 1.82) is 0 Å². The molecule has 3 aliphatic carbocycles. The maximum absolute atomic E-state index is 13.9. The number of methoxy groups -OCH3 is 1. The van der Waals surface area contributed by atoms with Gasteiger partial charge in [0.2, 0.25) is 5.78 Å². The number of fused-ring (bicyclic) bond motifs is 3. The molecule has 0 spiro atoms. The molecule has 38 heavy (non-hydrogen) atoms. The first-order valence-corrected chi connectivity index (χ1v) is 12.0. The van der Waals surface area contributed by atoms with Crippen LogP contribution in [0.15, 0.2) is 28.7 Å². The molecule has 0 aromatic heterocycles.